The molecule has 5 nitrogen and oxygen atoms in total. The third kappa shape index (κ3) is 3.45. The van der Waals surface area contributed by atoms with Gasteiger partial charge in [-0.15, -0.1) is 0 Å². The van der Waals surface area contributed by atoms with E-state index in [0.717, 1.165) is 99.3 Å². The van der Waals surface area contributed by atoms with Crippen molar-refractivity contribution in [3.63, 3.8) is 0 Å². The second kappa shape index (κ2) is 10.1. The zero-order chi connectivity index (χ0) is 35.2. The van der Waals surface area contributed by atoms with Crippen LogP contribution in [-0.4, -0.2) is 19.5 Å². The first-order valence-corrected chi connectivity index (χ1v) is 18.5. The molecule has 0 atom stereocenters. The van der Waals surface area contributed by atoms with Crippen molar-refractivity contribution in [3.8, 4) is 0 Å². The third-order valence-electron chi connectivity index (χ3n) is 12.1. The number of carbonyl (C=O) groups excluding carboxylic acids is 1. The molecule has 0 bridgehead atoms. The van der Waals surface area contributed by atoms with Crippen LogP contribution in [0.3, 0.4) is 0 Å². The molecule has 0 fully saturated rings. The normalized spacial score (nSPS) is 14.2. The van der Waals surface area contributed by atoms with Crippen molar-refractivity contribution in [2.75, 3.05) is 9.80 Å². The summed E-state index contributed by atoms with van der Waals surface area (Å²) in [5, 5.41) is 6.28. The van der Waals surface area contributed by atoms with Gasteiger partial charge < -0.3 is 8.83 Å². The molecule has 13 rings (SSSR count). The smallest absolute Gasteiger partial charge is 0.338 e. The van der Waals surface area contributed by atoms with E-state index >= 15 is 4.79 Å². The molecule has 3 aliphatic heterocycles. The Morgan fingerprint density at radius 3 is 1.78 bits per heavy atom. The van der Waals surface area contributed by atoms with Gasteiger partial charge in [0.1, 0.15) is 16.7 Å². The van der Waals surface area contributed by atoms with Crippen LogP contribution >= 0.6 is 0 Å². The monoisotopic (exact) mass is 688 g/mol. The van der Waals surface area contributed by atoms with Crippen LogP contribution in [0.25, 0.3) is 54.6 Å². The number of furan rings is 2. The fourth-order valence-electron chi connectivity index (χ4n) is 9.98. The Balaban J connectivity index is 1.21. The molecule has 5 heterocycles. The molecule has 3 aliphatic rings. The lowest BCUT2D eigenvalue weighted by Crippen LogP contribution is -2.64. The lowest BCUT2D eigenvalue weighted by Gasteiger charge is -2.46. The molecule has 10 aromatic rings. The molecule has 0 spiro atoms. The minimum Gasteiger partial charge on any atom is -0.456 e. The summed E-state index contributed by atoms with van der Waals surface area (Å²) in [7, 11) is 0. The summed E-state index contributed by atoms with van der Waals surface area (Å²) in [6, 6.07) is 55.1. The van der Waals surface area contributed by atoms with Gasteiger partial charge >= 0.3 is 6.03 Å². The Morgan fingerprint density at radius 1 is 0.426 bits per heavy atom. The maximum atomic E-state index is 16.0. The molecule has 54 heavy (non-hydrogen) atoms. The molecular formula is C47H26B2N2O3. The summed E-state index contributed by atoms with van der Waals surface area (Å²) in [5.41, 5.74) is 13.4. The van der Waals surface area contributed by atoms with Gasteiger partial charge in [-0.25, -0.2) is 4.79 Å². The van der Waals surface area contributed by atoms with Crippen LogP contribution in [0, 0.1) is 0 Å². The number of hydrogen-bond acceptors (Lipinski definition) is 3. The number of hydrogen-bond donors (Lipinski definition) is 0. The first-order valence-electron chi connectivity index (χ1n) is 18.5. The van der Waals surface area contributed by atoms with Gasteiger partial charge in [-0.1, -0.05) is 144 Å². The van der Waals surface area contributed by atoms with E-state index in [1.807, 2.05) is 46.2 Å². The summed E-state index contributed by atoms with van der Waals surface area (Å²) in [4.78, 5) is 19.9. The lowest BCUT2D eigenvalue weighted by atomic mass is 9.33. The van der Waals surface area contributed by atoms with Gasteiger partial charge in [0.25, 0.3) is 0 Å². The first kappa shape index (κ1) is 28.6. The maximum Gasteiger partial charge on any atom is 0.338 e. The molecule has 2 amide bonds. The molecule has 248 valence electrons. The van der Waals surface area contributed by atoms with Gasteiger partial charge in [0.2, 0.25) is 13.4 Å². The molecule has 0 unspecified atom stereocenters. The largest absolute Gasteiger partial charge is 0.456 e. The highest BCUT2D eigenvalue weighted by molar-refractivity contribution is 7.01. The lowest BCUT2D eigenvalue weighted by molar-refractivity contribution is 0.255. The molecular weight excluding hydrogens is 662 g/mol. The molecule has 0 saturated heterocycles. The predicted molar refractivity (Wildman–Crippen MR) is 223 cm³/mol. The fraction of sp³-hybridized carbons (Fsp3) is 0. The van der Waals surface area contributed by atoms with Crippen LogP contribution in [0.4, 0.5) is 27.5 Å². The van der Waals surface area contributed by atoms with E-state index in [0.29, 0.717) is 0 Å². The van der Waals surface area contributed by atoms with Crippen LogP contribution in [0.1, 0.15) is 0 Å². The van der Waals surface area contributed by atoms with Crippen molar-refractivity contribution in [3.05, 3.63) is 158 Å². The average molecular weight is 688 g/mol. The van der Waals surface area contributed by atoms with E-state index in [4.69, 9.17) is 8.83 Å². The van der Waals surface area contributed by atoms with Crippen molar-refractivity contribution in [1.29, 1.82) is 0 Å². The summed E-state index contributed by atoms with van der Waals surface area (Å²) in [6.07, 6.45) is 0. The SMILES string of the molecule is O=C1N2c3ccc4oc5ccccc5c4c3B(c3ccccc3)c3ccc4ccc5c(c4c32)N1c1c(ccc2c1oc1ccccc12)B5c1ccccc1. The van der Waals surface area contributed by atoms with E-state index in [1.54, 1.807) is 0 Å². The van der Waals surface area contributed by atoms with Crippen LogP contribution in [0.2, 0.25) is 0 Å². The number of benzene rings is 8. The topological polar surface area (TPSA) is 49.8 Å². The Morgan fingerprint density at radius 2 is 1.02 bits per heavy atom. The van der Waals surface area contributed by atoms with Crippen molar-refractivity contribution in [2.24, 2.45) is 0 Å². The number of para-hydroxylation sites is 2. The first-order chi connectivity index (χ1) is 26.7. The van der Waals surface area contributed by atoms with Crippen molar-refractivity contribution in [2.45, 2.75) is 0 Å². The predicted octanol–water partition coefficient (Wildman–Crippen LogP) is 7.71. The summed E-state index contributed by atoms with van der Waals surface area (Å²) in [5.74, 6) is 0. The molecule has 2 aromatic heterocycles. The van der Waals surface area contributed by atoms with Crippen LogP contribution in [0.15, 0.2) is 167 Å². The molecule has 7 heteroatoms. The quantitative estimate of drug-likeness (QED) is 0.175. The number of fused-ring (bicyclic) bond motifs is 12. The van der Waals surface area contributed by atoms with Crippen molar-refractivity contribution < 1.29 is 13.6 Å². The van der Waals surface area contributed by atoms with Gasteiger partial charge in [-0.3, -0.25) is 9.80 Å². The van der Waals surface area contributed by atoms with Crippen LogP contribution < -0.4 is 42.6 Å². The van der Waals surface area contributed by atoms with Crippen LogP contribution in [-0.2, 0) is 0 Å². The Hall–Kier alpha value is -6.98. The molecule has 0 aliphatic carbocycles. The minimum absolute atomic E-state index is 0.109. The van der Waals surface area contributed by atoms with E-state index in [2.05, 4.69) is 121 Å². The van der Waals surface area contributed by atoms with E-state index in [-0.39, 0.29) is 19.5 Å². The highest BCUT2D eigenvalue weighted by Gasteiger charge is 2.49. The highest BCUT2D eigenvalue weighted by atomic mass is 16.3. The second-order valence-electron chi connectivity index (χ2n) is 14.7. The second-order valence-corrected chi connectivity index (χ2v) is 14.7. The number of rotatable bonds is 2. The van der Waals surface area contributed by atoms with Crippen molar-refractivity contribution in [1.82, 2.24) is 0 Å². The maximum absolute atomic E-state index is 16.0. The summed E-state index contributed by atoms with van der Waals surface area (Å²) < 4.78 is 13.3. The highest BCUT2D eigenvalue weighted by Crippen LogP contribution is 2.50. The van der Waals surface area contributed by atoms with Crippen molar-refractivity contribution >= 4 is 130 Å². The zero-order valence-electron chi connectivity index (χ0n) is 28.8. The number of anilines is 4. The fourth-order valence-corrected chi connectivity index (χ4v) is 9.98. The molecule has 8 aromatic carbocycles. The zero-order valence-corrected chi connectivity index (χ0v) is 28.8. The Labute approximate surface area is 309 Å². The van der Waals surface area contributed by atoms with Gasteiger partial charge in [0, 0.05) is 32.6 Å². The number of carbonyl (C=O) groups is 1. The molecule has 0 radical (unpaired) electrons. The molecule has 0 saturated carbocycles. The average Bonchev–Trinajstić information content (AvgIpc) is 3.80. The minimum atomic E-state index is -0.139. The molecule has 0 N–H and O–H groups in total. The summed E-state index contributed by atoms with van der Waals surface area (Å²) in [6.45, 7) is -0.248. The summed E-state index contributed by atoms with van der Waals surface area (Å²) >= 11 is 0. The van der Waals surface area contributed by atoms with E-state index < -0.39 is 0 Å². The van der Waals surface area contributed by atoms with E-state index in [1.165, 1.54) is 10.9 Å². The van der Waals surface area contributed by atoms with Gasteiger partial charge in [-0.05, 0) is 51.5 Å². The number of nitrogens with zero attached hydrogens (tertiary/aromatic N) is 2. The number of urea groups is 1. The Bertz CT molecular complexity index is 3280. The van der Waals surface area contributed by atoms with E-state index in [9.17, 15) is 0 Å². The van der Waals surface area contributed by atoms with Gasteiger partial charge in [-0.2, -0.15) is 0 Å². The van der Waals surface area contributed by atoms with Gasteiger partial charge in [0.15, 0.2) is 5.58 Å². The standard InChI is InChI=1S/C47H26B2N2O3/c52-47-50-36-25-26-39-41(32-16-8-10-18-38(32)53-39)42(36)49(29-13-5-2-6-14-29)34-23-20-27-19-22-33-44(40(27)43(34)50)51(47)45-35(48(33)28-11-3-1-4-12-28)24-21-31-30-15-7-9-17-37(30)54-46(31)45/h1-26H. The van der Waals surface area contributed by atoms with Gasteiger partial charge in [0.05, 0.1) is 17.1 Å². The number of amides is 2. The Kier molecular flexibility index (Phi) is 5.36. The third-order valence-corrected chi connectivity index (χ3v) is 12.1. The van der Waals surface area contributed by atoms with Crippen LogP contribution in [0.5, 0.6) is 0 Å².